The molecule has 1 aromatic carbocycles. The highest BCUT2D eigenvalue weighted by Gasteiger charge is 2.58. The molecule has 9 heteroatoms. The summed E-state index contributed by atoms with van der Waals surface area (Å²) in [7, 11) is 0. The first kappa shape index (κ1) is 18.8. The number of halogens is 3. The number of amides is 1. The van der Waals surface area contributed by atoms with E-state index in [1.807, 2.05) is 30.3 Å². The van der Waals surface area contributed by atoms with Crippen LogP contribution < -0.4 is 4.74 Å². The molecule has 0 radical (unpaired) electrons. The lowest BCUT2D eigenvalue weighted by molar-refractivity contribution is -0.258. The second kappa shape index (κ2) is 6.80. The molecule has 1 fully saturated rings. The lowest BCUT2D eigenvalue weighted by atomic mass is 10.0. The summed E-state index contributed by atoms with van der Waals surface area (Å²) in [4.78, 5) is 14.2. The minimum absolute atomic E-state index is 0.125. The van der Waals surface area contributed by atoms with Crippen LogP contribution in [0.1, 0.15) is 35.4 Å². The number of hydrogen-bond donors (Lipinski definition) is 1. The van der Waals surface area contributed by atoms with E-state index in [1.165, 1.54) is 4.90 Å². The van der Waals surface area contributed by atoms with Crippen molar-refractivity contribution in [2.24, 2.45) is 0 Å². The van der Waals surface area contributed by atoms with Crippen LogP contribution in [0.4, 0.5) is 13.2 Å². The number of hydrogen-bond acceptors (Lipinski definition) is 4. The molecular formula is C19H20F3N3O3. The Labute approximate surface area is 159 Å². The predicted octanol–water partition coefficient (Wildman–Crippen LogP) is 2.76. The molecule has 2 unspecified atom stereocenters. The van der Waals surface area contributed by atoms with Gasteiger partial charge in [-0.3, -0.25) is 9.48 Å². The largest absolute Gasteiger partial charge is 0.487 e. The van der Waals surface area contributed by atoms with Crippen LogP contribution in [0.25, 0.3) is 0 Å². The van der Waals surface area contributed by atoms with Crippen LogP contribution in [0.15, 0.2) is 36.4 Å². The van der Waals surface area contributed by atoms with Gasteiger partial charge in [-0.25, -0.2) is 0 Å². The Morgan fingerprint density at radius 2 is 2.00 bits per heavy atom. The highest BCUT2D eigenvalue weighted by atomic mass is 19.4. The van der Waals surface area contributed by atoms with Crippen LogP contribution in [-0.2, 0) is 13.2 Å². The molecule has 2 atom stereocenters. The fourth-order valence-electron chi connectivity index (χ4n) is 3.88. The number of ether oxygens (including phenoxy) is 1. The zero-order valence-corrected chi connectivity index (χ0v) is 15.0. The van der Waals surface area contributed by atoms with Crippen molar-refractivity contribution < 1.29 is 27.8 Å². The van der Waals surface area contributed by atoms with Gasteiger partial charge in [0.1, 0.15) is 23.7 Å². The summed E-state index contributed by atoms with van der Waals surface area (Å²) in [6.45, 7) is 0.854. The van der Waals surface area contributed by atoms with E-state index >= 15 is 0 Å². The van der Waals surface area contributed by atoms with E-state index in [-0.39, 0.29) is 31.9 Å². The van der Waals surface area contributed by atoms with Gasteiger partial charge in [0.05, 0.1) is 6.54 Å². The average Bonchev–Trinajstić information content (AvgIpc) is 3.26. The minimum atomic E-state index is -4.69. The average molecular weight is 395 g/mol. The van der Waals surface area contributed by atoms with Gasteiger partial charge in [0, 0.05) is 19.0 Å². The first-order chi connectivity index (χ1) is 13.3. The quantitative estimate of drug-likeness (QED) is 0.865. The van der Waals surface area contributed by atoms with Crippen molar-refractivity contribution in [1.29, 1.82) is 0 Å². The molecule has 1 N–H and O–H groups in total. The topological polar surface area (TPSA) is 67.6 Å². The van der Waals surface area contributed by atoms with E-state index in [2.05, 4.69) is 5.10 Å². The smallest absolute Gasteiger partial charge is 0.417 e. The monoisotopic (exact) mass is 395 g/mol. The highest BCUT2D eigenvalue weighted by molar-refractivity contribution is 5.93. The molecule has 2 aromatic rings. The number of rotatable bonds is 4. The second-order valence-electron chi connectivity index (χ2n) is 7.27. The van der Waals surface area contributed by atoms with E-state index in [0.29, 0.717) is 23.7 Å². The zero-order valence-electron chi connectivity index (χ0n) is 15.0. The summed E-state index contributed by atoms with van der Waals surface area (Å²) < 4.78 is 46.4. The number of alkyl halides is 3. The predicted molar refractivity (Wildman–Crippen MR) is 92.7 cm³/mol. The van der Waals surface area contributed by atoms with Gasteiger partial charge in [-0.05, 0) is 31.0 Å². The number of aromatic nitrogens is 2. The molecule has 0 spiro atoms. The van der Waals surface area contributed by atoms with Crippen LogP contribution in [-0.4, -0.2) is 50.1 Å². The third kappa shape index (κ3) is 3.34. The molecular weight excluding hydrogens is 375 g/mol. The summed E-state index contributed by atoms with van der Waals surface area (Å²) in [5.74, 6) is 0.319. The number of fused-ring (bicyclic) bond motifs is 1. The molecule has 1 aliphatic heterocycles. The van der Waals surface area contributed by atoms with Crippen LogP contribution in [0.2, 0.25) is 0 Å². The number of aliphatic hydroxyl groups is 1. The highest BCUT2D eigenvalue weighted by Crippen LogP contribution is 2.44. The molecule has 6 nitrogen and oxygen atoms in total. The fraction of sp³-hybridized carbons (Fsp3) is 0.474. The summed E-state index contributed by atoms with van der Waals surface area (Å²) >= 11 is 0. The molecule has 1 amide bonds. The van der Waals surface area contributed by atoms with E-state index in [9.17, 15) is 23.1 Å². The molecule has 0 saturated heterocycles. The SMILES string of the molecule is O=C1c2cc(COc3ccccc3)nn2CCN1C1CCC(O)(C(F)(F)F)C1. The number of para-hydroxylation sites is 1. The van der Waals surface area contributed by atoms with E-state index in [4.69, 9.17) is 4.74 Å². The first-order valence-corrected chi connectivity index (χ1v) is 9.11. The third-order valence-corrected chi connectivity index (χ3v) is 5.43. The van der Waals surface area contributed by atoms with Crippen molar-refractivity contribution in [1.82, 2.24) is 14.7 Å². The third-order valence-electron chi connectivity index (χ3n) is 5.43. The van der Waals surface area contributed by atoms with Crippen LogP contribution in [0, 0.1) is 0 Å². The summed E-state index contributed by atoms with van der Waals surface area (Å²) in [5, 5.41) is 14.3. The molecule has 0 bridgehead atoms. The fourth-order valence-corrected chi connectivity index (χ4v) is 3.88. The minimum Gasteiger partial charge on any atom is -0.487 e. The number of benzene rings is 1. The molecule has 1 aromatic heterocycles. The van der Waals surface area contributed by atoms with Crippen molar-refractivity contribution in [2.45, 2.75) is 50.2 Å². The number of nitrogens with zero attached hydrogens (tertiary/aromatic N) is 3. The maximum Gasteiger partial charge on any atom is 0.417 e. The van der Waals surface area contributed by atoms with E-state index < -0.39 is 24.2 Å². The Kier molecular flexibility index (Phi) is 4.57. The van der Waals surface area contributed by atoms with Crippen LogP contribution in [0.5, 0.6) is 5.75 Å². The second-order valence-corrected chi connectivity index (χ2v) is 7.27. The number of carbonyl (C=O) groups is 1. The maximum atomic E-state index is 13.1. The van der Waals surface area contributed by atoms with Crippen molar-refractivity contribution >= 4 is 5.91 Å². The van der Waals surface area contributed by atoms with E-state index in [1.54, 1.807) is 10.7 Å². The summed E-state index contributed by atoms with van der Waals surface area (Å²) in [5.41, 5.74) is -1.81. The Bertz CT molecular complexity index is 868. The standard InChI is InChI=1S/C19H20F3N3O3/c20-19(21,22)18(27)7-6-14(11-18)24-8-9-25-16(17(24)26)10-13(23-25)12-28-15-4-2-1-3-5-15/h1-5,10,14,27H,6-9,11-12H2. The summed E-state index contributed by atoms with van der Waals surface area (Å²) in [6, 6.07) is 10.2. The molecule has 2 heterocycles. The zero-order chi connectivity index (χ0) is 19.9. The molecule has 150 valence electrons. The van der Waals surface area contributed by atoms with Gasteiger partial charge >= 0.3 is 6.18 Å². The molecule has 28 heavy (non-hydrogen) atoms. The Balaban J connectivity index is 1.45. The Morgan fingerprint density at radius 3 is 2.68 bits per heavy atom. The molecule has 2 aliphatic rings. The van der Waals surface area contributed by atoms with Gasteiger partial charge < -0.3 is 14.7 Å². The molecule has 1 aliphatic carbocycles. The lowest BCUT2D eigenvalue weighted by Gasteiger charge is -2.34. The molecule has 4 rings (SSSR count). The van der Waals surface area contributed by atoms with Gasteiger partial charge in [0.2, 0.25) is 0 Å². The van der Waals surface area contributed by atoms with Crippen LogP contribution in [0.3, 0.4) is 0 Å². The van der Waals surface area contributed by atoms with Gasteiger partial charge in [-0.15, -0.1) is 0 Å². The van der Waals surface area contributed by atoms with Crippen molar-refractivity contribution in [2.75, 3.05) is 6.54 Å². The van der Waals surface area contributed by atoms with Crippen molar-refractivity contribution in [3.8, 4) is 5.75 Å². The molecule has 1 saturated carbocycles. The summed E-state index contributed by atoms with van der Waals surface area (Å²) in [6.07, 6.45) is -5.44. The van der Waals surface area contributed by atoms with Gasteiger partial charge in [-0.1, -0.05) is 18.2 Å². The van der Waals surface area contributed by atoms with Crippen molar-refractivity contribution in [3.05, 3.63) is 47.8 Å². The van der Waals surface area contributed by atoms with Gasteiger partial charge in [0.15, 0.2) is 5.60 Å². The first-order valence-electron chi connectivity index (χ1n) is 9.11. The van der Waals surface area contributed by atoms with Crippen molar-refractivity contribution in [3.63, 3.8) is 0 Å². The maximum absolute atomic E-state index is 13.1. The number of carbonyl (C=O) groups excluding carboxylic acids is 1. The van der Waals surface area contributed by atoms with E-state index in [0.717, 1.165) is 0 Å². The van der Waals surface area contributed by atoms with Crippen LogP contribution >= 0.6 is 0 Å². The van der Waals surface area contributed by atoms with Gasteiger partial charge in [0.25, 0.3) is 5.91 Å². The normalized spacial score (nSPS) is 25.1. The Morgan fingerprint density at radius 1 is 1.25 bits per heavy atom. The van der Waals surface area contributed by atoms with Gasteiger partial charge in [-0.2, -0.15) is 18.3 Å². The Hall–Kier alpha value is -2.55. The lowest BCUT2D eigenvalue weighted by Crippen LogP contribution is -2.48.